The topological polar surface area (TPSA) is 26.3 Å². The van der Waals surface area contributed by atoms with Gasteiger partial charge >= 0.3 is 5.97 Å². The molecule has 0 spiro atoms. The first kappa shape index (κ1) is 18.5. The van der Waals surface area contributed by atoms with E-state index in [9.17, 15) is 4.79 Å². The van der Waals surface area contributed by atoms with E-state index < -0.39 is 0 Å². The summed E-state index contributed by atoms with van der Waals surface area (Å²) in [4.78, 5) is 11.3. The van der Waals surface area contributed by atoms with Crippen LogP contribution in [0.1, 0.15) is 53.4 Å². The molecule has 1 unspecified atom stereocenters. The largest absolute Gasteiger partial charge is 0.449 e. The first-order chi connectivity index (χ1) is 9.45. The molecule has 0 aromatic carbocycles. The van der Waals surface area contributed by atoms with Crippen molar-refractivity contribution in [2.75, 3.05) is 6.61 Å². The molecule has 0 aliphatic heterocycles. The Hall–Kier alpha value is -1.49. The molecule has 0 saturated carbocycles. The van der Waals surface area contributed by atoms with Gasteiger partial charge in [0.2, 0.25) is 0 Å². The van der Waals surface area contributed by atoms with E-state index in [1.807, 2.05) is 13.0 Å². The Morgan fingerprint density at radius 2 is 2.00 bits per heavy atom. The normalized spacial score (nSPS) is 13.5. The molecule has 0 rings (SSSR count). The van der Waals surface area contributed by atoms with E-state index in [4.69, 9.17) is 11.2 Å². The van der Waals surface area contributed by atoms with Gasteiger partial charge in [-0.25, -0.2) is 4.79 Å². The van der Waals surface area contributed by atoms with E-state index in [2.05, 4.69) is 32.8 Å². The molecule has 0 aromatic heterocycles. The van der Waals surface area contributed by atoms with E-state index in [0.717, 1.165) is 17.9 Å². The van der Waals surface area contributed by atoms with E-state index in [-0.39, 0.29) is 12.6 Å². The maximum atomic E-state index is 11.3. The van der Waals surface area contributed by atoms with Gasteiger partial charge in [-0.2, -0.15) is 0 Å². The van der Waals surface area contributed by atoms with Crippen LogP contribution in [0.25, 0.3) is 0 Å². The standard InChI is InChI=1S/C18H28O2/c1-6-13-20-18(19)14-17(5)12-8-11-16(4)10-7-9-15(2)3/h1,8,12,14-16H,7,9-11,13H2,2-5H3/b12-8+,17-14+/i1+1,6+1,13+1. The Balaban J connectivity index is 3.95. The lowest BCUT2D eigenvalue weighted by Crippen LogP contribution is -2.01. The van der Waals surface area contributed by atoms with Crippen molar-refractivity contribution in [1.29, 1.82) is 0 Å². The van der Waals surface area contributed by atoms with Crippen molar-refractivity contribution in [3.63, 3.8) is 0 Å². The fraction of sp³-hybridized carbons (Fsp3) is 0.611. The lowest BCUT2D eigenvalue weighted by atomic mass is 9.97. The molecule has 0 aliphatic carbocycles. The molecule has 0 fully saturated rings. The quantitative estimate of drug-likeness (QED) is 0.204. The van der Waals surface area contributed by atoms with Crippen LogP contribution in [-0.4, -0.2) is 12.6 Å². The number of carbonyl (C=O) groups excluding carboxylic acids is 1. The average Bonchev–Trinajstić information content (AvgIpc) is 2.35. The van der Waals surface area contributed by atoms with Crippen LogP contribution in [0.4, 0.5) is 0 Å². The molecule has 0 amide bonds. The molecule has 0 bridgehead atoms. The van der Waals surface area contributed by atoms with Crippen molar-refractivity contribution in [2.45, 2.75) is 53.4 Å². The maximum absolute atomic E-state index is 11.3. The minimum absolute atomic E-state index is 0.0270. The highest BCUT2D eigenvalue weighted by Crippen LogP contribution is 2.15. The molecule has 1 atom stereocenters. The number of ether oxygens (including phenoxy) is 1. The van der Waals surface area contributed by atoms with Crippen LogP contribution < -0.4 is 0 Å². The average molecular weight is 279 g/mol. The van der Waals surface area contributed by atoms with Crippen molar-refractivity contribution < 1.29 is 9.53 Å². The number of terminal acetylenes is 1. The smallest absolute Gasteiger partial charge is 0.331 e. The Morgan fingerprint density at radius 3 is 2.60 bits per heavy atom. The lowest BCUT2D eigenvalue weighted by molar-refractivity contribution is -0.136. The molecule has 2 nitrogen and oxygen atoms in total. The van der Waals surface area contributed by atoms with Gasteiger partial charge in [-0.1, -0.05) is 58.1 Å². The molecule has 0 heterocycles. The molecule has 0 N–H and O–H groups in total. The third kappa shape index (κ3) is 11.6. The molecule has 20 heavy (non-hydrogen) atoms. The summed E-state index contributed by atoms with van der Waals surface area (Å²) in [6, 6.07) is 0. The third-order valence-corrected chi connectivity index (χ3v) is 3.04. The summed E-state index contributed by atoms with van der Waals surface area (Å²) >= 11 is 0. The summed E-state index contributed by atoms with van der Waals surface area (Å²) in [6.45, 7) is 8.71. The Labute approximate surface area is 124 Å². The number of esters is 1. The molecule has 0 aliphatic rings. The second-order valence-corrected chi connectivity index (χ2v) is 5.77. The molecule has 2 heteroatoms. The van der Waals surface area contributed by atoms with Crippen LogP contribution >= 0.6 is 0 Å². The zero-order valence-electron chi connectivity index (χ0n) is 13.3. The van der Waals surface area contributed by atoms with Gasteiger partial charge in [0, 0.05) is 6.08 Å². The predicted molar refractivity (Wildman–Crippen MR) is 85.2 cm³/mol. The predicted octanol–water partition coefficient (Wildman–Crippen LogP) is 4.52. The molecule has 112 valence electrons. The van der Waals surface area contributed by atoms with Gasteiger partial charge in [0.05, 0.1) is 0 Å². The van der Waals surface area contributed by atoms with Crippen LogP contribution in [-0.2, 0) is 9.53 Å². The SMILES string of the molecule is CC(/C=C/CC(C)CCCC(C)C)=C\C(=O)O[13CH2][13C]#[13CH]. The molecule has 0 saturated heterocycles. The number of hydrogen-bond acceptors (Lipinski definition) is 2. The van der Waals surface area contributed by atoms with Gasteiger partial charge in [-0.05, 0) is 30.8 Å². The van der Waals surface area contributed by atoms with Gasteiger partial charge in [-0.15, -0.1) is 6.42 Å². The Kier molecular flexibility index (Phi) is 10.5. The molecule has 0 aromatic rings. The van der Waals surface area contributed by atoms with Crippen molar-refractivity contribution in [3.05, 3.63) is 23.8 Å². The van der Waals surface area contributed by atoms with Gasteiger partial charge in [-0.3, -0.25) is 0 Å². The second kappa shape index (κ2) is 11.3. The number of carbonyl (C=O) groups is 1. The third-order valence-electron chi connectivity index (χ3n) is 3.04. The zero-order valence-corrected chi connectivity index (χ0v) is 13.3. The number of allylic oxidation sites excluding steroid dienone is 3. The van der Waals surface area contributed by atoms with Crippen molar-refractivity contribution in [3.8, 4) is 12.3 Å². The van der Waals surface area contributed by atoms with Crippen molar-refractivity contribution >= 4 is 5.97 Å². The Bertz CT molecular complexity index is 369. The van der Waals surface area contributed by atoms with Gasteiger partial charge in [0.1, 0.15) is 0 Å². The summed E-state index contributed by atoms with van der Waals surface area (Å²) in [5.74, 6) is 3.36. The minimum Gasteiger partial charge on any atom is -0.449 e. The minimum atomic E-state index is -0.380. The van der Waals surface area contributed by atoms with Gasteiger partial charge in [0.25, 0.3) is 0 Å². The van der Waals surface area contributed by atoms with E-state index in [0.29, 0.717) is 5.92 Å². The maximum Gasteiger partial charge on any atom is 0.331 e. The van der Waals surface area contributed by atoms with Gasteiger partial charge < -0.3 is 4.74 Å². The lowest BCUT2D eigenvalue weighted by Gasteiger charge is -2.09. The fourth-order valence-corrected chi connectivity index (χ4v) is 1.87. The summed E-state index contributed by atoms with van der Waals surface area (Å²) in [5, 5.41) is 0. The van der Waals surface area contributed by atoms with Gasteiger partial charge in [0.15, 0.2) is 6.61 Å². The van der Waals surface area contributed by atoms with Crippen LogP contribution in [0.5, 0.6) is 0 Å². The molecular weight excluding hydrogens is 251 g/mol. The van der Waals surface area contributed by atoms with Crippen molar-refractivity contribution in [2.24, 2.45) is 11.8 Å². The van der Waals surface area contributed by atoms with Crippen LogP contribution in [0, 0.1) is 24.2 Å². The highest BCUT2D eigenvalue weighted by molar-refractivity contribution is 5.83. The highest BCUT2D eigenvalue weighted by Gasteiger charge is 2.01. The highest BCUT2D eigenvalue weighted by atomic mass is 16.6. The first-order valence-electron chi connectivity index (χ1n) is 7.40. The Morgan fingerprint density at radius 1 is 1.30 bits per heavy atom. The van der Waals surface area contributed by atoms with E-state index in [1.54, 1.807) is 0 Å². The second-order valence-electron chi connectivity index (χ2n) is 5.77. The van der Waals surface area contributed by atoms with Crippen LogP contribution in [0.3, 0.4) is 0 Å². The summed E-state index contributed by atoms with van der Waals surface area (Å²) in [5.41, 5.74) is 0.890. The summed E-state index contributed by atoms with van der Waals surface area (Å²) in [7, 11) is 0. The molecule has 0 radical (unpaired) electrons. The van der Waals surface area contributed by atoms with Crippen molar-refractivity contribution in [1.82, 2.24) is 0 Å². The van der Waals surface area contributed by atoms with Crippen LogP contribution in [0.15, 0.2) is 23.8 Å². The van der Waals surface area contributed by atoms with E-state index in [1.165, 1.54) is 25.3 Å². The zero-order chi connectivity index (χ0) is 15.4. The molecular formula is C18H28O2. The fourth-order valence-electron chi connectivity index (χ4n) is 1.87. The summed E-state index contributed by atoms with van der Waals surface area (Å²) in [6.07, 6.45) is 15.5. The summed E-state index contributed by atoms with van der Waals surface area (Å²) < 4.78 is 4.78. The monoisotopic (exact) mass is 279 g/mol. The number of rotatable bonds is 9. The first-order valence-corrected chi connectivity index (χ1v) is 7.40. The van der Waals surface area contributed by atoms with E-state index >= 15 is 0 Å². The number of hydrogen-bond donors (Lipinski definition) is 0. The van der Waals surface area contributed by atoms with Crippen LogP contribution in [0.2, 0.25) is 0 Å².